The van der Waals surface area contributed by atoms with Crippen molar-refractivity contribution >= 4 is 12.1 Å². The Morgan fingerprint density at radius 1 is 1.38 bits per heavy atom. The number of hydrogen-bond donors (Lipinski definition) is 1. The van der Waals surface area contributed by atoms with Crippen LogP contribution in [0, 0.1) is 0 Å². The predicted molar refractivity (Wildman–Crippen MR) is 74.7 cm³/mol. The Balaban J connectivity index is 1.83. The number of nitrogens with zero attached hydrogens (tertiary/aromatic N) is 1. The molecule has 1 N–H and O–H groups in total. The SMILES string of the molecule is O=C(O)/C=C/[C@@H]1CN(C(=O)OCc2ccccc2)CCO1. The summed E-state index contributed by atoms with van der Waals surface area (Å²) in [5.74, 6) is -1.04. The van der Waals surface area contributed by atoms with Crippen LogP contribution in [0.15, 0.2) is 42.5 Å². The quantitative estimate of drug-likeness (QED) is 0.854. The van der Waals surface area contributed by atoms with Crippen molar-refractivity contribution in [3.8, 4) is 0 Å². The Kier molecular flexibility index (Phi) is 5.34. The monoisotopic (exact) mass is 291 g/mol. The number of carbonyl (C=O) groups excluding carboxylic acids is 1. The lowest BCUT2D eigenvalue weighted by Crippen LogP contribution is -2.45. The maximum atomic E-state index is 12.0. The summed E-state index contributed by atoms with van der Waals surface area (Å²) in [6, 6.07) is 9.41. The molecule has 2 rings (SSSR count). The highest BCUT2D eigenvalue weighted by molar-refractivity contribution is 5.79. The molecule has 1 heterocycles. The summed E-state index contributed by atoms with van der Waals surface area (Å²) >= 11 is 0. The maximum Gasteiger partial charge on any atom is 0.410 e. The fourth-order valence-electron chi connectivity index (χ4n) is 1.96. The Morgan fingerprint density at radius 3 is 2.86 bits per heavy atom. The second kappa shape index (κ2) is 7.44. The minimum Gasteiger partial charge on any atom is -0.478 e. The van der Waals surface area contributed by atoms with E-state index in [4.69, 9.17) is 14.6 Å². The maximum absolute atomic E-state index is 12.0. The highest BCUT2D eigenvalue weighted by Crippen LogP contribution is 2.09. The molecule has 1 amide bonds. The van der Waals surface area contributed by atoms with Crippen LogP contribution in [-0.4, -0.2) is 47.9 Å². The van der Waals surface area contributed by atoms with Gasteiger partial charge in [0, 0.05) is 12.6 Å². The molecular weight excluding hydrogens is 274 g/mol. The first kappa shape index (κ1) is 15.1. The lowest BCUT2D eigenvalue weighted by Gasteiger charge is -2.30. The number of carbonyl (C=O) groups is 2. The summed E-state index contributed by atoms with van der Waals surface area (Å²) < 4.78 is 10.6. The highest BCUT2D eigenvalue weighted by Gasteiger charge is 2.23. The summed E-state index contributed by atoms with van der Waals surface area (Å²) in [5, 5.41) is 8.58. The van der Waals surface area contributed by atoms with Crippen LogP contribution in [0.1, 0.15) is 5.56 Å². The summed E-state index contributed by atoms with van der Waals surface area (Å²) in [4.78, 5) is 23.9. The lowest BCUT2D eigenvalue weighted by atomic mass is 10.2. The number of ether oxygens (including phenoxy) is 2. The molecule has 112 valence electrons. The van der Waals surface area contributed by atoms with Gasteiger partial charge in [-0.05, 0) is 11.6 Å². The average molecular weight is 291 g/mol. The van der Waals surface area contributed by atoms with E-state index in [1.165, 1.54) is 11.0 Å². The van der Waals surface area contributed by atoms with Crippen LogP contribution in [0.25, 0.3) is 0 Å². The van der Waals surface area contributed by atoms with E-state index in [-0.39, 0.29) is 13.2 Å². The van der Waals surface area contributed by atoms with Gasteiger partial charge in [-0.2, -0.15) is 0 Å². The van der Waals surface area contributed by atoms with Crippen molar-refractivity contribution < 1.29 is 24.2 Å². The second-order valence-electron chi connectivity index (χ2n) is 4.59. The van der Waals surface area contributed by atoms with E-state index in [0.29, 0.717) is 13.2 Å². The first-order chi connectivity index (χ1) is 10.1. The van der Waals surface area contributed by atoms with Crippen LogP contribution in [0.5, 0.6) is 0 Å². The van der Waals surface area contributed by atoms with Gasteiger partial charge in [-0.25, -0.2) is 9.59 Å². The van der Waals surface area contributed by atoms with Crippen LogP contribution in [-0.2, 0) is 20.9 Å². The van der Waals surface area contributed by atoms with Crippen molar-refractivity contribution in [2.24, 2.45) is 0 Å². The molecule has 0 saturated carbocycles. The third-order valence-electron chi connectivity index (χ3n) is 3.01. The van der Waals surface area contributed by atoms with Crippen molar-refractivity contribution in [2.75, 3.05) is 19.7 Å². The number of rotatable bonds is 4. The fourth-order valence-corrected chi connectivity index (χ4v) is 1.96. The molecule has 1 saturated heterocycles. The van der Waals surface area contributed by atoms with Gasteiger partial charge in [0.2, 0.25) is 0 Å². The van der Waals surface area contributed by atoms with Gasteiger partial charge in [-0.1, -0.05) is 30.3 Å². The Hall–Kier alpha value is -2.34. The Labute approximate surface area is 122 Å². The van der Waals surface area contributed by atoms with E-state index in [9.17, 15) is 9.59 Å². The molecule has 6 heteroatoms. The van der Waals surface area contributed by atoms with Crippen molar-refractivity contribution in [3.63, 3.8) is 0 Å². The van der Waals surface area contributed by atoms with Crippen LogP contribution in [0.2, 0.25) is 0 Å². The second-order valence-corrected chi connectivity index (χ2v) is 4.59. The zero-order valence-corrected chi connectivity index (χ0v) is 11.5. The smallest absolute Gasteiger partial charge is 0.410 e. The molecule has 0 spiro atoms. The van der Waals surface area contributed by atoms with Gasteiger partial charge in [-0.3, -0.25) is 0 Å². The fraction of sp³-hybridized carbons (Fsp3) is 0.333. The van der Waals surface area contributed by atoms with Crippen LogP contribution < -0.4 is 0 Å². The molecule has 0 aromatic heterocycles. The van der Waals surface area contributed by atoms with E-state index in [0.717, 1.165) is 11.6 Å². The molecule has 1 aliphatic rings. The van der Waals surface area contributed by atoms with Gasteiger partial charge in [0.15, 0.2) is 0 Å². The van der Waals surface area contributed by atoms with E-state index >= 15 is 0 Å². The molecule has 1 aromatic carbocycles. The molecular formula is C15H17NO5. The van der Waals surface area contributed by atoms with Crippen molar-refractivity contribution in [2.45, 2.75) is 12.7 Å². The van der Waals surface area contributed by atoms with Gasteiger partial charge < -0.3 is 19.5 Å². The third kappa shape index (κ3) is 4.92. The van der Waals surface area contributed by atoms with Crippen LogP contribution in [0.3, 0.4) is 0 Å². The van der Waals surface area contributed by atoms with Crippen LogP contribution >= 0.6 is 0 Å². The zero-order chi connectivity index (χ0) is 15.1. The molecule has 21 heavy (non-hydrogen) atoms. The van der Waals surface area contributed by atoms with Gasteiger partial charge in [0.05, 0.1) is 19.3 Å². The Morgan fingerprint density at radius 2 is 2.14 bits per heavy atom. The molecule has 0 radical (unpaired) electrons. The zero-order valence-electron chi connectivity index (χ0n) is 11.5. The van der Waals surface area contributed by atoms with Gasteiger partial charge in [-0.15, -0.1) is 0 Å². The standard InChI is InChI=1S/C15H17NO5/c17-14(18)7-6-13-10-16(8-9-20-13)15(19)21-11-12-4-2-1-3-5-12/h1-7,13H,8-11H2,(H,17,18)/b7-6+/t13-/m1/s1. The molecule has 0 unspecified atom stereocenters. The molecule has 1 atom stereocenters. The first-order valence-corrected chi connectivity index (χ1v) is 6.63. The van der Waals surface area contributed by atoms with Gasteiger partial charge in [0.1, 0.15) is 6.61 Å². The first-order valence-electron chi connectivity index (χ1n) is 6.63. The lowest BCUT2D eigenvalue weighted by molar-refractivity contribution is -0.131. The summed E-state index contributed by atoms with van der Waals surface area (Å²) in [6.07, 6.45) is 1.61. The molecule has 1 aromatic rings. The van der Waals surface area contributed by atoms with E-state index < -0.39 is 18.2 Å². The minimum absolute atomic E-state index is 0.215. The number of aliphatic carboxylic acids is 1. The minimum atomic E-state index is -1.04. The van der Waals surface area contributed by atoms with E-state index in [2.05, 4.69) is 0 Å². The molecule has 6 nitrogen and oxygen atoms in total. The third-order valence-corrected chi connectivity index (χ3v) is 3.01. The van der Waals surface area contributed by atoms with E-state index in [1.54, 1.807) is 0 Å². The highest BCUT2D eigenvalue weighted by atomic mass is 16.6. The van der Waals surface area contributed by atoms with Crippen molar-refractivity contribution in [1.82, 2.24) is 4.90 Å². The van der Waals surface area contributed by atoms with Crippen molar-refractivity contribution in [1.29, 1.82) is 0 Å². The number of benzene rings is 1. The van der Waals surface area contributed by atoms with Gasteiger partial charge in [0.25, 0.3) is 0 Å². The normalized spacial score (nSPS) is 18.7. The molecule has 0 aliphatic carbocycles. The largest absolute Gasteiger partial charge is 0.478 e. The van der Waals surface area contributed by atoms with E-state index in [1.807, 2.05) is 30.3 Å². The number of carboxylic acid groups (broad SMARTS) is 1. The van der Waals surface area contributed by atoms with Crippen molar-refractivity contribution in [3.05, 3.63) is 48.0 Å². The average Bonchev–Trinajstić information content (AvgIpc) is 2.52. The number of morpholine rings is 1. The summed E-state index contributed by atoms with van der Waals surface area (Å²) in [7, 11) is 0. The molecule has 1 fully saturated rings. The topological polar surface area (TPSA) is 76.1 Å². The summed E-state index contributed by atoms with van der Waals surface area (Å²) in [6.45, 7) is 1.30. The number of hydrogen-bond acceptors (Lipinski definition) is 4. The van der Waals surface area contributed by atoms with Crippen LogP contribution in [0.4, 0.5) is 4.79 Å². The molecule has 1 aliphatic heterocycles. The summed E-state index contributed by atoms with van der Waals surface area (Å²) in [5.41, 5.74) is 0.918. The van der Waals surface area contributed by atoms with Gasteiger partial charge >= 0.3 is 12.1 Å². The number of carboxylic acids is 1. The molecule has 0 bridgehead atoms. The predicted octanol–water partition coefficient (Wildman–Crippen LogP) is 1.66. The Bertz CT molecular complexity index is 514. The number of amides is 1.